The minimum Gasteiger partial charge on any atom is -0.496 e. The third-order valence-corrected chi connectivity index (χ3v) is 4.19. The van der Waals surface area contributed by atoms with Crippen LogP contribution in [-0.2, 0) is 0 Å². The SMILES string of the molecule is CNCCCOc1cc(OC)cc(OC)c1-c1cc(Nc2cnc(C#N)cn2)n[nH]1. The van der Waals surface area contributed by atoms with Crippen molar-refractivity contribution in [1.82, 2.24) is 25.5 Å². The van der Waals surface area contributed by atoms with Gasteiger partial charge < -0.3 is 24.8 Å². The van der Waals surface area contributed by atoms with Crippen molar-refractivity contribution in [1.29, 1.82) is 5.26 Å². The fraction of sp³-hybridized carbons (Fsp3) is 0.300. The molecule has 0 aliphatic heterocycles. The van der Waals surface area contributed by atoms with Crippen LogP contribution in [0.2, 0.25) is 0 Å². The van der Waals surface area contributed by atoms with Crippen LogP contribution in [0, 0.1) is 11.3 Å². The van der Waals surface area contributed by atoms with Crippen molar-refractivity contribution in [2.75, 3.05) is 39.7 Å². The lowest BCUT2D eigenvalue weighted by Gasteiger charge is -2.15. The van der Waals surface area contributed by atoms with Gasteiger partial charge in [0.15, 0.2) is 11.5 Å². The number of ether oxygens (including phenoxy) is 3. The number of rotatable bonds is 10. The van der Waals surface area contributed by atoms with Crippen LogP contribution in [0.1, 0.15) is 12.1 Å². The van der Waals surface area contributed by atoms with Gasteiger partial charge in [-0.2, -0.15) is 10.4 Å². The van der Waals surface area contributed by atoms with Gasteiger partial charge in [0, 0.05) is 18.2 Å². The van der Waals surface area contributed by atoms with E-state index in [-0.39, 0.29) is 5.69 Å². The predicted octanol–water partition coefficient (Wildman–Crippen LogP) is 2.49. The molecule has 0 fully saturated rings. The minimum atomic E-state index is 0.242. The largest absolute Gasteiger partial charge is 0.496 e. The summed E-state index contributed by atoms with van der Waals surface area (Å²) >= 11 is 0. The number of aromatic nitrogens is 4. The van der Waals surface area contributed by atoms with E-state index in [0.29, 0.717) is 41.2 Å². The van der Waals surface area contributed by atoms with E-state index >= 15 is 0 Å². The summed E-state index contributed by atoms with van der Waals surface area (Å²) < 4.78 is 17.0. The van der Waals surface area contributed by atoms with Crippen LogP contribution in [-0.4, -0.2) is 54.6 Å². The number of nitrogens with zero attached hydrogens (tertiary/aromatic N) is 4. The number of nitriles is 1. The zero-order valence-electron chi connectivity index (χ0n) is 17.0. The Labute approximate surface area is 174 Å². The maximum absolute atomic E-state index is 8.83. The number of hydrogen-bond acceptors (Lipinski definition) is 9. The van der Waals surface area contributed by atoms with Crippen molar-refractivity contribution in [2.24, 2.45) is 0 Å². The second-order valence-electron chi connectivity index (χ2n) is 6.20. The highest BCUT2D eigenvalue weighted by Gasteiger charge is 2.18. The summed E-state index contributed by atoms with van der Waals surface area (Å²) in [7, 11) is 5.08. The van der Waals surface area contributed by atoms with E-state index in [9.17, 15) is 0 Å². The second-order valence-corrected chi connectivity index (χ2v) is 6.20. The molecule has 1 aromatic carbocycles. The van der Waals surface area contributed by atoms with Crippen LogP contribution in [0.25, 0.3) is 11.3 Å². The van der Waals surface area contributed by atoms with Gasteiger partial charge in [-0.3, -0.25) is 5.10 Å². The molecule has 10 nitrogen and oxygen atoms in total. The van der Waals surface area contributed by atoms with E-state index in [0.717, 1.165) is 18.5 Å². The first-order valence-electron chi connectivity index (χ1n) is 9.26. The monoisotopic (exact) mass is 409 g/mol. The van der Waals surface area contributed by atoms with E-state index in [4.69, 9.17) is 19.5 Å². The molecular weight excluding hydrogens is 386 g/mol. The average molecular weight is 409 g/mol. The van der Waals surface area contributed by atoms with E-state index in [1.165, 1.54) is 12.4 Å². The summed E-state index contributed by atoms with van der Waals surface area (Å²) in [6.07, 6.45) is 3.71. The minimum absolute atomic E-state index is 0.242. The Bertz CT molecular complexity index is 1010. The first-order chi connectivity index (χ1) is 14.7. The third kappa shape index (κ3) is 4.95. The summed E-state index contributed by atoms with van der Waals surface area (Å²) in [5.74, 6) is 2.84. The normalized spacial score (nSPS) is 10.3. The molecule has 0 radical (unpaired) electrons. The molecule has 0 amide bonds. The van der Waals surface area contributed by atoms with Crippen molar-refractivity contribution in [3.63, 3.8) is 0 Å². The Kier molecular flexibility index (Phi) is 7.02. The number of methoxy groups -OCH3 is 2. The van der Waals surface area contributed by atoms with Gasteiger partial charge in [0.25, 0.3) is 0 Å². The molecule has 3 N–H and O–H groups in total. The molecule has 156 valence electrons. The van der Waals surface area contributed by atoms with Crippen LogP contribution >= 0.6 is 0 Å². The summed E-state index contributed by atoms with van der Waals surface area (Å²) in [5.41, 5.74) is 1.67. The summed E-state index contributed by atoms with van der Waals surface area (Å²) in [6, 6.07) is 7.35. The van der Waals surface area contributed by atoms with Gasteiger partial charge >= 0.3 is 0 Å². The zero-order chi connectivity index (χ0) is 21.3. The molecule has 10 heteroatoms. The van der Waals surface area contributed by atoms with E-state index in [1.807, 2.05) is 25.2 Å². The molecule has 0 saturated carbocycles. The molecule has 2 heterocycles. The van der Waals surface area contributed by atoms with Crippen LogP contribution in [0.3, 0.4) is 0 Å². The van der Waals surface area contributed by atoms with Crippen LogP contribution in [0.5, 0.6) is 17.2 Å². The molecule has 0 saturated heterocycles. The number of benzene rings is 1. The summed E-state index contributed by atoms with van der Waals surface area (Å²) in [6.45, 7) is 1.38. The number of hydrogen-bond donors (Lipinski definition) is 3. The van der Waals surface area contributed by atoms with Crippen molar-refractivity contribution in [3.8, 4) is 34.6 Å². The molecule has 0 aliphatic rings. The molecule has 2 aromatic heterocycles. The second kappa shape index (κ2) is 10.1. The third-order valence-electron chi connectivity index (χ3n) is 4.19. The van der Waals surface area contributed by atoms with Gasteiger partial charge in [-0.1, -0.05) is 0 Å². The van der Waals surface area contributed by atoms with Gasteiger partial charge in [-0.05, 0) is 20.0 Å². The van der Waals surface area contributed by atoms with E-state index in [2.05, 4.69) is 30.8 Å². The maximum atomic E-state index is 8.83. The summed E-state index contributed by atoms with van der Waals surface area (Å²) in [5, 5.41) is 22.2. The Morgan fingerprint density at radius 3 is 2.57 bits per heavy atom. The maximum Gasteiger partial charge on any atom is 0.158 e. The van der Waals surface area contributed by atoms with Gasteiger partial charge in [0.2, 0.25) is 0 Å². The highest BCUT2D eigenvalue weighted by Crippen LogP contribution is 2.41. The van der Waals surface area contributed by atoms with Crippen LogP contribution in [0.15, 0.2) is 30.6 Å². The van der Waals surface area contributed by atoms with E-state index < -0.39 is 0 Å². The molecule has 30 heavy (non-hydrogen) atoms. The fourth-order valence-electron chi connectivity index (χ4n) is 2.75. The molecule has 0 bridgehead atoms. The van der Waals surface area contributed by atoms with Crippen LogP contribution < -0.4 is 24.8 Å². The molecular formula is C20H23N7O3. The molecule has 0 aliphatic carbocycles. The molecule has 0 spiro atoms. The van der Waals surface area contributed by atoms with E-state index in [1.54, 1.807) is 20.3 Å². The van der Waals surface area contributed by atoms with Crippen molar-refractivity contribution >= 4 is 11.6 Å². The van der Waals surface area contributed by atoms with Gasteiger partial charge in [0.1, 0.15) is 29.1 Å². The zero-order valence-corrected chi connectivity index (χ0v) is 17.0. The lowest BCUT2D eigenvalue weighted by molar-refractivity contribution is 0.305. The lowest BCUT2D eigenvalue weighted by atomic mass is 10.1. The van der Waals surface area contributed by atoms with Gasteiger partial charge in [-0.25, -0.2) is 9.97 Å². The predicted molar refractivity (Wildman–Crippen MR) is 111 cm³/mol. The topological polar surface area (TPSA) is 130 Å². The number of anilines is 2. The Morgan fingerprint density at radius 1 is 1.07 bits per heavy atom. The molecule has 3 aromatic rings. The molecule has 0 unspecified atom stereocenters. The van der Waals surface area contributed by atoms with Crippen molar-refractivity contribution < 1.29 is 14.2 Å². The Hall–Kier alpha value is -3.84. The Morgan fingerprint density at radius 2 is 1.90 bits per heavy atom. The van der Waals surface area contributed by atoms with Crippen LogP contribution in [0.4, 0.5) is 11.6 Å². The quantitative estimate of drug-likeness (QED) is 0.432. The van der Waals surface area contributed by atoms with Gasteiger partial charge in [0.05, 0.1) is 44.5 Å². The van der Waals surface area contributed by atoms with Crippen molar-refractivity contribution in [3.05, 3.63) is 36.3 Å². The number of H-pyrrole nitrogens is 1. The van der Waals surface area contributed by atoms with Gasteiger partial charge in [-0.15, -0.1) is 0 Å². The molecule has 0 atom stereocenters. The number of nitrogens with one attached hydrogen (secondary N) is 3. The molecule has 3 rings (SSSR count). The number of aromatic amines is 1. The highest BCUT2D eigenvalue weighted by atomic mass is 16.5. The average Bonchev–Trinajstić information content (AvgIpc) is 3.24. The first kappa shape index (κ1) is 20.9. The first-order valence-corrected chi connectivity index (χ1v) is 9.26. The summed E-state index contributed by atoms with van der Waals surface area (Å²) in [4.78, 5) is 8.12. The smallest absolute Gasteiger partial charge is 0.158 e. The standard InChI is InChI=1S/C20H23N7O3/c1-22-5-4-6-30-17-8-14(28-2)7-16(29-3)20(17)15-9-18(27-26-15)25-19-12-23-13(10-21)11-24-19/h7-9,11-12,22H,4-6H2,1-3H3,(H2,24,25,26,27). The lowest BCUT2D eigenvalue weighted by Crippen LogP contribution is -2.12. The highest BCUT2D eigenvalue weighted by molar-refractivity contribution is 5.77. The Balaban J connectivity index is 1.88. The van der Waals surface area contributed by atoms with Crippen molar-refractivity contribution in [2.45, 2.75) is 6.42 Å². The fourth-order valence-corrected chi connectivity index (χ4v) is 2.75.